The van der Waals surface area contributed by atoms with E-state index >= 15 is 0 Å². The summed E-state index contributed by atoms with van der Waals surface area (Å²) in [6.07, 6.45) is 4.21. The second-order valence-electron chi connectivity index (χ2n) is 9.84. The van der Waals surface area contributed by atoms with Crippen LogP contribution in [0, 0.1) is 11.3 Å². The van der Waals surface area contributed by atoms with E-state index < -0.39 is 0 Å². The summed E-state index contributed by atoms with van der Waals surface area (Å²) < 4.78 is 5.91. The number of piperidine rings is 1. The van der Waals surface area contributed by atoms with Crippen LogP contribution in [0.1, 0.15) is 36.0 Å². The second kappa shape index (κ2) is 10.4. The van der Waals surface area contributed by atoms with E-state index in [0.29, 0.717) is 6.61 Å². The molecule has 1 N–H and O–H groups in total. The predicted molar refractivity (Wildman–Crippen MR) is 135 cm³/mol. The Morgan fingerprint density at radius 2 is 1.50 bits per heavy atom. The van der Waals surface area contributed by atoms with Gasteiger partial charge in [0.1, 0.15) is 12.4 Å². The molecule has 176 valence electrons. The van der Waals surface area contributed by atoms with Gasteiger partial charge < -0.3 is 10.1 Å². The number of rotatable bonds is 9. The molecule has 1 spiro atoms. The summed E-state index contributed by atoms with van der Waals surface area (Å²) >= 11 is 0. The van der Waals surface area contributed by atoms with E-state index in [1.54, 1.807) is 0 Å². The summed E-state index contributed by atoms with van der Waals surface area (Å²) in [4.78, 5) is 15.2. The van der Waals surface area contributed by atoms with Crippen LogP contribution in [0.5, 0.6) is 5.75 Å². The number of ether oxygens (including phenoxy) is 1. The molecule has 1 saturated carbocycles. The zero-order valence-electron chi connectivity index (χ0n) is 19.8. The fourth-order valence-corrected chi connectivity index (χ4v) is 5.22. The fourth-order valence-electron chi connectivity index (χ4n) is 5.22. The molecule has 3 aromatic rings. The van der Waals surface area contributed by atoms with Crippen LogP contribution in [0.25, 0.3) is 0 Å². The zero-order chi connectivity index (χ0) is 23.2. The molecule has 1 saturated heterocycles. The first-order valence-electron chi connectivity index (χ1n) is 12.5. The highest BCUT2D eigenvalue weighted by Gasteiger charge is 2.58. The number of hydrogen-bond acceptors (Lipinski definition) is 3. The Morgan fingerprint density at radius 3 is 2.18 bits per heavy atom. The van der Waals surface area contributed by atoms with Gasteiger partial charge in [0, 0.05) is 19.0 Å². The van der Waals surface area contributed by atoms with Gasteiger partial charge in [-0.1, -0.05) is 72.8 Å². The minimum atomic E-state index is 0.214. The molecule has 0 radical (unpaired) electrons. The van der Waals surface area contributed by atoms with Crippen molar-refractivity contribution in [2.75, 3.05) is 19.6 Å². The summed E-state index contributed by atoms with van der Waals surface area (Å²) in [5.41, 5.74) is 4.02. The van der Waals surface area contributed by atoms with Gasteiger partial charge in [-0.05, 0) is 73.0 Å². The molecule has 0 bridgehead atoms. The average Bonchev–Trinajstić information content (AvgIpc) is 3.60. The molecular formula is C30H34N2O2. The Bertz CT molecular complexity index is 1060. The Balaban J connectivity index is 1.03. The molecule has 1 amide bonds. The minimum Gasteiger partial charge on any atom is -0.489 e. The predicted octanol–water partition coefficient (Wildman–Crippen LogP) is 5.23. The summed E-state index contributed by atoms with van der Waals surface area (Å²) in [6.45, 7) is 4.42. The first kappa shape index (κ1) is 22.7. The Labute approximate surface area is 202 Å². The van der Waals surface area contributed by atoms with Crippen molar-refractivity contribution in [3.05, 3.63) is 102 Å². The quantitative estimate of drug-likeness (QED) is 0.482. The highest BCUT2D eigenvalue weighted by Crippen LogP contribution is 2.59. The van der Waals surface area contributed by atoms with Gasteiger partial charge in [0.25, 0.3) is 0 Å². The normalized spacial score (nSPS) is 19.0. The first-order valence-corrected chi connectivity index (χ1v) is 12.5. The minimum absolute atomic E-state index is 0.214. The molecule has 5 rings (SSSR count). The highest BCUT2D eigenvalue weighted by molar-refractivity contribution is 5.82. The lowest BCUT2D eigenvalue weighted by Gasteiger charge is -2.32. The van der Waals surface area contributed by atoms with E-state index in [1.807, 2.05) is 24.3 Å². The average molecular weight is 455 g/mol. The molecule has 1 aliphatic carbocycles. The van der Waals surface area contributed by atoms with Gasteiger partial charge >= 0.3 is 0 Å². The standard InChI is InChI=1S/C30H34N2O2/c33-29(31-18-15-24-7-3-1-4-8-24)28-21-30(28)16-19-32(20-17-30)22-25-11-13-27(14-12-25)34-23-26-9-5-2-6-10-26/h1-14,28H,15-23H2,(H,31,33). The number of nitrogens with zero attached hydrogens (tertiary/aromatic N) is 1. The maximum Gasteiger partial charge on any atom is 0.223 e. The van der Waals surface area contributed by atoms with Crippen molar-refractivity contribution in [3.63, 3.8) is 0 Å². The zero-order valence-corrected chi connectivity index (χ0v) is 19.8. The van der Waals surface area contributed by atoms with Crippen LogP contribution >= 0.6 is 0 Å². The highest BCUT2D eigenvalue weighted by atomic mass is 16.5. The summed E-state index contributed by atoms with van der Waals surface area (Å²) in [5.74, 6) is 1.38. The van der Waals surface area contributed by atoms with Crippen molar-refractivity contribution >= 4 is 5.91 Å². The van der Waals surface area contributed by atoms with E-state index in [0.717, 1.165) is 57.6 Å². The molecule has 1 aliphatic heterocycles. The molecule has 1 atom stereocenters. The maximum absolute atomic E-state index is 12.7. The number of amides is 1. The topological polar surface area (TPSA) is 41.6 Å². The number of likely N-dealkylation sites (tertiary alicyclic amines) is 1. The van der Waals surface area contributed by atoms with Crippen molar-refractivity contribution < 1.29 is 9.53 Å². The Hall–Kier alpha value is -3.11. The van der Waals surface area contributed by atoms with Crippen molar-refractivity contribution in [2.45, 2.75) is 38.8 Å². The molecule has 4 heteroatoms. The van der Waals surface area contributed by atoms with Crippen molar-refractivity contribution in [1.29, 1.82) is 0 Å². The van der Waals surface area contributed by atoms with Crippen molar-refractivity contribution in [3.8, 4) is 5.75 Å². The molecule has 34 heavy (non-hydrogen) atoms. The SMILES string of the molecule is O=C(NCCc1ccccc1)C1CC12CCN(Cc1ccc(OCc3ccccc3)cc1)CC2. The van der Waals surface area contributed by atoms with E-state index in [4.69, 9.17) is 4.74 Å². The van der Waals surface area contributed by atoms with Gasteiger partial charge in [0.05, 0.1) is 0 Å². The fraction of sp³-hybridized carbons (Fsp3) is 0.367. The molecule has 1 heterocycles. The van der Waals surface area contributed by atoms with E-state index in [2.05, 4.69) is 70.9 Å². The van der Waals surface area contributed by atoms with Gasteiger partial charge in [0.2, 0.25) is 5.91 Å². The lowest BCUT2D eigenvalue weighted by molar-refractivity contribution is -0.123. The molecule has 3 aromatic carbocycles. The van der Waals surface area contributed by atoms with Crippen LogP contribution in [-0.2, 0) is 24.4 Å². The largest absolute Gasteiger partial charge is 0.489 e. The summed E-state index contributed by atoms with van der Waals surface area (Å²) in [5, 5.41) is 3.18. The molecular weight excluding hydrogens is 420 g/mol. The number of carbonyl (C=O) groups is 1. The Morgan fingerprint density at radius 1 is 0.853 bits per heavy atom. The summed E-state index contributed by atoms with van der Waals surface area (Å²) in [7, 11) is 0. The molecule has 4 nitrogen and oxygen atoms in total. The van der Waals surface area contributed by atoms with E-state index in [1.165, 1.54) is 16.7 Å². The van der Waals surface area contributed by atoms with Crippen molar-refractivity contribution in [2.24, 2.45) is 11.3 Å². The molecule has 2 fully saturated rings. The van der Waals surface area contributed by atoms with Crippen LogP contribution in [0.15, 0.2) is 84.9 Å². The molecule has 2 aliphatic rings. The molecule has 0 aromatic heterocycles. The number of benzene rings is 3. The third kappa shape index (κ3) is 5.68. The monoisotopic (exact) mass is 454 g/mol. The van der Waals surface area contributed by atoms with Crippen molar-refractivity contribution in [1.82, 2.24) is 10.2 Å². The number of nitrogens with one attached hydrogen (secondary N) is 1. The van der Waals surface area contributed by atoms with Gasteiger partial charge in [-0.15, -0.1) is 0 Å². The van der Waals surface area contributed by atoms with Crippen LogP contribution in [0.4, 0.5) is 0 Å². The van der Waals surface area contributed by atoms with E-state index in [9.17, 15) is 4.79 Å². The number of carbonyl (C=O) groups excluding carboxylic acids is 1. The van der Waals surface area contributed by atoms with Crippen LogP contribution in [-0.4, -0.2) is 30.4 Å². The smallest absolute Gasteiger partial charge is 0.223 e. The van der Waals surface area contributed by atoms with Crippen LogP contribution in [0.3, 0.4) is 0 Å². The first-order chi connectivity index (χ1) is 16.7. The van der Waals surface area contributed by atoms with Crippen LogP contribution < -0.4 is 10.1 Å². The molecule has 1 unspecified atom stereocenters. The second-order valence-corrected chi connectivity index (χ2v) is 9.84. The maximum atomic E-state index is 12.7. The Kier molecular flexibility index (Phi) is 6.96. The van der Waals surface area contributed by atoms with Gasteiger partial charge in [-0.25, -0.2) is 0 Å². The van der Waals surface area contributed by atoms with Crippen LogP contribution in [0.2, 0.25) is 0 Å². The lowest BCUT2D eigenvalue weighted by atomic mass is 9.90. The lowest BCUT2D eigenvalue weighted by Crippen LogP contribution is -2.37. The number of hydrogen-bond donors (Lipinski definition) is 1. The summed E-state index contributed by atoms with van der Waals surface area (Å²) in [6, 6.07) is 29.1. The van der Waals surface area contributed by atoms with Gasteiger partial charge in [-0.2, -0.15) is 0 Å². The van der Waals surface area contributed by atoms with Gasteiger partial charge in [-0.3, -0.25) is 9.69 Å². The third-order valence-electron chi connectivity index (χ3n) is 7.49. The van der Waals surface area contributed by atoms with E-state index in [-0.39, 0.29) is 17.2 Å². The van der Waals surface area contributed by atoms with Gasteiger partial charge in [0.15, 0.2) is 0 Å². The third-order valence-corrected chi connectivity index (χ3v) is 7.49.